The molecule has 0 unspecified atom stereocenters. The second kappa shape index (κ2) is 4.49. The third-order valence-electron chi connectivity index (χ3n) is 2.84. The first kappa shape index (κ1) is 12.1. The van der Waals surface area contributed by atoms with Gasteiger partial charge in [0.15, 0.2) is 5.13 Å². The van der Waals surface area contributed by atoms with Crippen LogP contribution in [0.5, 0.6) is 0 Å². The number of thiazole rings is 1. The molecule has 0 atom stereocenters. The SMILES string of the molecule is Cc1ccc(C)c(-c2nc(N)sc2C(C)C)c1. The van der Waals surface area contributed by atoms with Gasteiger partial charge in [-0.2, -0.15) is 0 Å². The number of nitrogens with two attached hydrogens (primary N) is 1. The lowest BCUT2D eigenvalue weighted by Gasteiger charge is -2.09. The lowest BCUT2D eigenvalue weighted by Crippen LogP contribution is -1.91. The summed E-state index contributed by atoms with van der Waals surface area (Å²) in [4.78, 5) is 5.77. The molecule has 3 heteroatoms. The van der Waals surface area contributed by atoms with Crippen LogP contribution in [-0.4, -0.2) is 4.98 Å². The van der Waals surface area contributed by atoms with Gasteiger partial charge in [0.05, 0.1) is 5.69 Å². The molecule has 0 saturated carbocycles. The Morgan fingerprint density at radius 1 is 1.24 bits per heavy atom. The summed E-state index contributed by atoms with van der Waals surface area (Å²) >= 11 is 1.60. The Hall–Kier alpha value is -1.35. The van der Waals surface area contributed by atoms with Crippen molar-refractivity contribution in [2.75, 3.05) is 5.73 Å². The Morgan fingerprint density at radius 3 is 2.59 bits per heavy atom. The summed E-state index contributed by atoms with van der Waals surface area (Å²) in [5.41, 5.74) is 10.6. The Morgan fingerprint density at radius 2 is 1.94 bits per heavy atom. The first-order chi connectivity index (χ1) is 7.99. The van der Waals surface area contributed by atoms with E-state index in [2.05, 4.69) is 50.9 Å². The number of aromatic nitrogens is 1. The molecule has 0 aliphatic rings. The van der Waals surface area contributed by atoms with E-state index in [-0.39, 0.29) is 0 Å². The molecule has 0 radical (unpaired) electrons. The van der Waals surface area contributed by atoms with E-state index < -0.39 is 0 Å². The second-order valence-electron chi connectivity index (χ2n) is 4.74. The summed E-state index contributed by atoms with van der Waals surface area (Å²) in [5.74, 6) is 0.458. The minimum atomic E-state index is 0.458. The van der Waals surface area contributed by atoms with E-state index in [0.717, 1.165) is 5.69 Å². The van der Waals surface area contributed by atoms with Crippen molar-refractivity contribution in [3.8, 4) is 11.3 Å². The number of aryl methyl sites for hydroxylation is 2. The van der Waals surface area contributed by atoms with E-state index in [4.69, 9.17) is 5.73 Å². The molecule has 0 fully saturated rings. The van der Waals surface area contributed by atoms with Crippen LogP contribution in [0.25, 0.3) is 11.3 Å². The standard InChI is InChI=1S/C14H18N2S/c1-8(2)13-12(16-14(15)17-13)11-7-9(3)5-6-10(11)4/h5-8H,1-4H3,(H2,15,16). The molecular weight excluding hydrogens is 228 g/mol. The Bertz CT molecular complexity index is 541. The fourth-order valence-corrected chi connectivity index (χ4v) is 2.77. The maximum Gasteiger partial charge on any atom is 0.180 e. The molecule has 2 N–H and O–H groups in total. The highest BCUT2D eigenvalue weighted by Crippen LogP contribution is 2.36. The van der Waals surface area contributed by atoms with Crippen molar-refractivity contribution >= 4 is 16.5 Å². The van der Waals surface area contributed by atoms with Crippen molar-refractivity contribution in [2.24, 2.45) is 0 Å². The quantitative estimate of drug-likeness (QED) is 0.865. The number of hydrogen-bond donors (Lipinski definition) is 1. The molecule has 1 aromatic heterocycles. The molecule has 1 heterocycles. The minimum Gasteiger partial charge on any atom is -0.375 e. The number of hydrogen-bond acceptors (Lipinski definition) is 3. The van der Waals surface area contributed by atoms with E-state index in [1.165, 1.54) is 21.6 Å². The fourth-order valence-electron chi connectivity index (χ4n) is 1.92. The second-order valence-corrected chi connectivity index (χ2v) is 5.80. The third kappa shape index (κ3) is 2.34. The first-order valence-electron chi connectivity index (χ1n) is 5.83. The zero-order valence-electron chi connectivity index (χ0n) is 10.7. The Kier molecular flexibility index (Phi) is 3.20. The average Bonchev–Trinajstić information content (AvgIpc) is 2.64. The summed E-state index contributed by atoms with van der Waals surface area (Å²) in [5, 5.41) is 0.657. The number of benzene rings is 1. The summed E-state index contributed by atoms with van der Waals surface area (Å²) in [6, 6.07) is 6.46. The van der Waals surface area contributed by atoms with Crippen LogP contribution < -0.4 is 5.73 Å². The first-order valence-corrected chi connectivity index (χ1v) is 6.64. The molecule has 0 bridgehead atoms. The molecular formula is C14H18N2S. The van der Waals surface area contributed by atoms with Gasteiger partial charge >= 0.3 is 0 Å². The van der Waals surface area contributed by atoms with Crippen LogP contribution in [0, 0.1) is 13.8 Å². The molecule has 2 aromatic rings. The zero-order chi connectivity index (χ0) is 12.6. The van der Waals surface area contributed by atoms with Gasteiger partial charge < -0.3 is 5.73 Å². The van der Waals surface area contributed by atoms with E-state index in [1.807, 2.05) is 0 Å². The van der Waals surface area contributed by atoms with Crippen LogP contribution in [0.3, 0.4) is 0 Å². The van der Waals surface area contributed by atoms with Crippen LogP contribution in [0.2, 0.25) is 0 Å². The molecule has 0 aliphatic carbocycles. The average molecular weight is 246 g/mol. The molecule has 0 aliphatic heterocycles. The highest BCUT2D eigenvalue weighted by atomic mass is 32.1. The van der Waals surface area contributed by atoms with Crippen LogP contribution in [0.1, 0.15) is 35.8 Å². The van der Waals surface area contributed by atoms with Crippen molar-refractivity contribution in [1.82, 2.24) is 4.98 Å². The third-order valence-corrected chi connectivity index (χ3v) is 4.03. The molecule has 90 valence electrons. The number of rotatable bonds is 2. The van der Waals surface area contributed by atoms with E-state index in [0.29, 0.717) is 11.0 Å². The lowest BCUT2D eigenvalue weighted by molar-refractivity contribution is 0.887. The van der Waals surface area contributed by atoms with Gasteiger partial charge in [-0.15, -0.1) is 11.3 Å². The van der Waals surface area contributed by atoms with Crippen molar-refractivity contribution < 1.29 is 0 Å². The maximum atomic E-state index is 5.85. The van der Waals surface area contributed by atoms with E-state index >= 15 is 0 Å². The molecule has 0 amide bonds. The minimum absolute atomic E-state index is 0.458. The van der Waals surface area contributed by atoms with Gasteiger partial charge in [0.2, 0.25) is 0 Å². The van der Waals surface area contributed by atoms with E-state index in [9.17, 15) is 0 Å². The zero-order valence-corrected chi connectivity index (χ0v) is 11.6. The maximum absolute atomic E-state index is 5.85. The predicted octanol–water partition coefficient (Wildman–Crippen LogP) is 4.13. The fraction of sp³-hybridized carbons (Fsp3) is 0.357. The normalized spacial score (nSPS) is 11.1. The number of nitrogen functional groups attached to an aromatic ring is 1. The lowest BCUT2D eigenvalue weighted by atomic mass is 9.99. The summed E-state index contributed by atoms with van der Waals surface area (Å²) in [7, 11) is 0. The van der Waals surface area contributed by atoms with Gasteiger partial charge in [-0.25, -0.2) is 4.98 Å². The van der Waals surface area contributed by atoms with Crippen LogP contribution in [0.4, 0.5) is 5.13 Å². The molecule has 0 saturated heterocycles. The van der Waals surface area contributed by atoms with Gasteiger partial charge in [0.25, 0.3) is 0 Å². The largest absolute Gasteiger partial charge is 0.375 e. The highest BCUT2D eigenvalue weighted by molar-refractivity contribution is 7.15. The molecule has 2 nitrogen and oxygen atoms in total. The van der Waals surface area contributed by atoms with Gasteiger partial charge in [0.1, 0.15) is 0 Å². The van der Waals surface area contributed by atoms with Crippen LogP contribution in [0.15, 0.2) is 18.2 Å². The van der Waals surface area contributed by atoms with Crippen molar-refractivity contribution in [3.63, 3.8) is 0 Å². The highest BCUT2D eigenvalue weighted by Gasteiger charge is 2.16. The van der Waals surface area contributed by atoms with Gasteiger partial charge in [0, 0.05) is 10.4 Å². The predicted molar refractivity (Wildman–Crippen MR) is 75.5 cm³/mol. The Labute approximate surface area is 107 Å². The molecule has 0 spiro atoms. The van der Waals surface area contributed by atoms with E-state index in [1.54, 1.807) is 11.3 Å². The molecule has 1 aromatic carbocycles. The van der Waals surface area contributed by atoms with Crippen LogP contribution in [-0.2, 0) is 0 Å². The Balaban J connectivity index is 2.63. The smallest absolute Gasteiger partial charge is 0.180 e. The van der Waals surface area contributed by atoms with Gasteiger partial charge in [-0.3, -0.25) is 0 Å². The van der Waals surface area contributed by atoms with Gasteiger partial charge in [-0.1, -0.05) is 31.5 Å². The van der Waals surface area contributed by atoms with Crippen molar-refractivity contribution in [2.45, 2.75) is 33.6 Å². The monoisotopic (exact) mass is 246 g/mol. The van der Waals surface area contributed by atoms with Gasteiger partial charge in [-0.05, 0) is 31.4 Å². The number of nitrogens with zero attached hydrogens (tertiary/aromatic N) is 1. The summed E-state index contributed by atoms with van der Waals surface area (Å²) in [6.07, 6.45) is 0. The molecule has 17 heavy (non-hydrogen) atoms. The molecule has 2 rings (SSSR count). The van der Waals surface area contributed by atoms with Crippen molar-refractivity contribution in [1.29, 1.82) is 0 Å². The van der Waals surface area contributed by atoms with Crippen molar-refractivity contribution in [3.05, 3.63) is 34.2 Å². The van der Waals surface area contributed by atoms with Crippen LogP contribution >= 0.6 is 11.3 Å². The topological polar surface area (TPSA) is 38.9 Å². The summed E-state index contributed by atoms with van der Waals surface area (Å²) < 4.78 is 0. The number of anilines is 1. The summed E-state index contributed by atoms with van der Waals surface area (Å²) in [6.45, 7) is 8.59.